The molecule has 6 nitrogen and oxygen atoms in total. The van der Waals surface area contributed by atoms with Crippen LogP contribution in [-0.4, -0.2) is 29.1 Å². The number of amides is 1. The lowest BCUT2D eigenvalue weighted by Crippen LogP contribution is -2.50. The van der Waals surface area contributed by atoms with Gasteiger partial charge >= 0.3 is 5.69 Å². The number of hydrogen-bond acceptors (Lipinski definition) is 5. The molecule has 1 aliphatic rings. The second-order valence-corrected chi connectivity index (χ2v) is 8.20. The number of thiophene rings is 1. The first-order valence-electron chi connectivity index (χ1n) is 9.09. The van der Waals surface area contributed by atoms with Gasteiger partial charge in [0.05, 0.1) is 22.4 Å². The Balaban J connectivity index is 1.77. The molecule has 1 aromatic carbocycles. The van der Waals surface area contributed by atoms with Gasteiger partial charge in [0.2, 0.25) is 5.91 Å². The molecule has 4 rings (SSSR count). The molecule has 0 saturated heterocycles. The lowest BCUT2D eigenvalue weighted by molar-refractivity contribution is -0.125. The van der Waals surface area contributed by atoms with Crippen molar-refractivity contribution in [2.75, 3.05) is 7.11 Å². The molecule has 152 valence electrons. The second kappa shape index (κ2) is 8.02. The molecule has 0 radical (unpaired) electrons. The molecule has 2 heterocycles. The maximum atomic E-state index is 12.5. The summed E-state index contributed by atoms with van der Waals surface area (Å²) in [6, 6.07) is 12.8. The summed E-state index contributed by atoms with van der Waals surface area (Å²) in [5.74, 6) is -0.570. The van der Waals surface area contributed by atoms with Gasteiger partial charge < -0.3 is 15.5 Å². The molecule has 8 heteroatoms. The zero-order valence-electron chi connectivity index (χ0n) is 16.0. The zero-order valence-corrected chi connectivity index (χ0v) is 17.5. The molecule has 0 spiro atoms. The third-order valence-electron chi connectivity index (χ3n) is 5.10. The van der Waals surface area contributed by atoms with E-state index in [2.05, 4.69) is 9.97 Å². The van der Waals surface area contributed by atoms with Crippen LogP contribution in [0.2, 0.25) is 0 Å². The summed E-state index contributed by atoms with van der Waals surface area (Å²) in [5.41, 5.74) is 6.73. The van der Waals surface area contributed by atoms with E-state index in [0.717, 1.165) is 10.4 Å². The van der Waals surface area contributed by atoms with Crippen LogP contribution in [0.25, 0.3) is 21.8 Å². The summed E-state index contributed by atoms with van der Waals surface area (Å²) in [6.07, 6.45) is 4.41. The molecule has 1 aliphatic carbocycles. The van der Waals surface area contributed by atoms with Gasteiger partial charge in [0.1, 0.15) is 5.41 Å². The number of ether oxygens (including phenoxy) is 1. The van der Waals surface area contributed by atoms with Gasteiger partial charge in [0.15, 0.2) is 0 Å². The monoisotopic (exact) mass is 439 g/mol. The Morgan fingerprint density at radius 3 is 2.70 bits per heavy atom. The van der Waals surface area contributed by atoms with Crippen molar-refractivity contribution in [2.45, 2.75) is 11.5 Å². The van der Waals surface area contributed by atoms with Crippen molar-refractivity contribution in [3.8, 4) is 21.8 Å². The lowest BCUT2D eigenvalue weighted by Gasteiger charge is -2.35. The van der Waals surface area contributed by atoms with Crippen LogP contribution in [-0.2, 0) is 14.9 Å². The number of aromatic nitrogens is 2. The van der Waals surface area contributed by atoms with Crippen molar-refractivity contribution in [1.82, 2.24) is 9.97 Å². The molecule has 0 fully saturated rings. The van der Waals surface area contributed by atoms with Crippen molar-refractivity contribution in [3.05, 3.63) is 87.2 Å². The van der Waals surface area contributed by atoms with Gasteiger partial charge in [0.25, 0.3) is 0 Å². The molecule has 3 aromatic rings. The normalized spacial score (nSPS) is 20.7. The highest BCUT2D eigenvalue weighted by Crippen LogP contribution is 2.38. The SMILES string of the molecule is COC1C=CC(Cl)=CC1(C(N)=O)c1ccc(-c2cc(-c3cccs3)[nH]c(=O)n2)cc1. The van der Waals surface area contributed by atoms with Crippen molar-refractivity contribution < 1.29 is 9.53 Å². The average Bonchev–Trinajstić information content (AvgIpc) is 3.28. The minimum Gasteiger partial charge on any atom is -0.376 e. The first-order chi connectivity index (χ1) is 14.4. The van der Waals surface area contributed by atoms with Crippen LogP contribution in [0.5, 0.6) is 0 Å². The third kappa shape index (κ3) is 3.52. The number of nitrogens with two attached hydrogens (primary N) is 1. The molecule has 3 N–H and O–H groups in total. The molecular weight excluding hydrogens is 422 g/mol. The number of halogens is 1. The molecule has 0 aliphatic heterocycles. The quantitative estimate of drug-likeness (QED) is 0.634. The fourth-order valence-corrected chi connectivity index (χ4v) is 4.57. The van der Waals surface area contributed by atoms with Gasteiger partial charge in [-0.05, 0) is 35.2 Å². The Hall–Kier alpha value is -3.00. The third-order valence-corrected chi connectivity index (χ3v) is 6.23. The Bertz CT molecular complexity index is 1200. The molecule has 1 amide bonds. The van der Waals surface area contributed by atoms with Gasteiger partial charge in [-0.15, -0.1) is 11.3 Å². The summed E-state index contributed by atoms with van der Waals surface area (Å²) in [6.45, 7) is 0. The van der Waals surface area contributed by atoms with Gasteiger partial charge in [-0.25, -0.2) is 4.79 Å². The van der Waals surface area contributed by atoms with Crippen molar-refractivity contribution in [3.63, 3.8) is 0 Å². The Labute approximate surface area is 181 Å². The summed E-state index contributed by atoms with van der Waals surface area (Å²) < 4.78 is 5.51. The number of carbonyl (C=O) groups is 1. The first-order valence-corrected chi connectivity index (χ1v) is 10.3. The number of nitrogens with one attached hydrogen (secondary N) is 1. The number of allylic oxidation sites excluding steroid dienone is 2. The van der Waals surface area contributed by atoms with Gasteiger partial charge in [0, 0.05) is 17.7 Å². The maximum absolute atomic E-state index is 12.5. The predicted molar refractivity (Wildman–Crippen MR) is 118 cm³/mol. The molecule has 0 saturated carbocycles. The molecule has 2 aromatic heterocycles. The van der Waals surface area contributed by atoms with E-state index in [9.17, 15) is 9.59 Å². The number of H-pyrrole nitrogens is 1. The van der Waals surface area contributed by atoms with E-state index in [1.165, 1.54) is 18.4 Å². The number of primary amides is 1. The number of hydrogen-bond donors (Lipinski definition) is 2. The van der Waals surface area contributed by atoms with Crippen molar-refractivity contribution >= 4 is 28.8 Å². The predicted octanol–water partition coefficient (Wildman–Crippen LogP) is 3.60. The van der Waals surface area contributed by atoms with Crippen LogP contribution in [0.4, 0.5) is 0 Å². The largest absolute Gasteiger partial charge is 0.376 e. The van der Waals surface area contributed by atoms with E-state index in [1.54, 1.807) is 42.5 Å². The number of benzene rings is 1. The van der Waals surface area contributed by atoms with Crippen LogP contribution in [0, 0.1) is 0 Å². The average molecular weight is 440 g/mol. The van der Waals surface area contributed by atoms with E-state index in [1.807, 2.05) is 23.6 Å². The Kier molecular flexibility index (Phi) is 5.42. The number of aromatic amines is 1. The highest BCUT2D eigenvalue weighted by atomic mass is 35.5. The summed E-state index contributed by atoms with van der Waals surface area (Å²) in [5, 5.41) is 2.35. The topological polar surface area (TPSA) is 98.1 Å². The number of nitrogens with zero attached hydrogens (tertiary/aromatic N) is 1. The van der Waals surface area contributed by atoms with Gasteiger partial charge in [-0.2, -0.15) is 4.98 Å². The second-order valence-electron chi connectivity index (χ2n) is 6.82. The standard InChI is InChI=1S/C22H18ClN3O3S/c1-29-19-9-8-15(23)12-22(19,20(24)27)14-6-4-13(5-7-14)16-11-17(26-21(28)25-16)18-3-2-10-30-18/h2-12,19H,1H3,(H2,24,27)(H,25,26,28). The molecular formula is C22H18ClN3O3S. The number of rotatable bonds is 5. The van der Waals surface area contributed by atoms with Crippen LogP contribution >= 0.6 is 22.9 Å². The van der Waals surface area contributed by atoms with E-state index >= 15 is 0 Å². The fraction of sp³-hybridized carbons (Fsp3) is 0.136. The van der Waals surface area contributed by atoms with Crippen molar-refractivity contribution in [2.24, 2.45) is 5.73 Å². The number of methoxy groups -OCH3 is 1. The molecule has 30 heavy (non-hydrogen) atoms. The maximum Gasteiger partial charge on any atom is 0.345 e. The summed E-state index contributed by atoms with van der Waals surface area (Å²) in [4.78, 5) is 32.4. The highest BCUT2D eigenvalue weighted by molar-refractivity contribution is 7.13. The smallest absolute Gasteiger partial charge is 0.345 e. The molecule has 2 atom stereocenters. The van der Waals surface area contributed by atoms with Crippen LogP contribution < -0.4 is 11.4 Å². The molecule has 2 unspecified atom stereocenters. The van der Waals surface area contributed by atoms with E-state index in [4.69, 9.17) is 22.1 Å². The van der Waals surface area contributed by atoms with Gasteiger partial charge in [-0.3, -0.25) is 4.79 Å². The van der Waals surface area contributed by atoms with Crippen LogP contribution in [0.1, 0.15) is 5.56 Å². The Morgan fingerprint density at radius 2 is 2.07 bits per heavy atom. The lowest BCUT2D eigenvalue weighted by atomic mass is 9.72. The minimum atomic E-state index is -1.23. The minimum absolute atomic E-state index is 0.406. The number of carbonyl (C=O) groups excluding carboxylic acids is 1. The Morgan fingerprint density at radius 1 is 1.30 bits per heavy atom. The van der Waals surface area contributed by atoms with Crippen molar-refractivity contribution in [1.29, 1.82) is 0 Å². The van der Waals surface area contributed by atoms with Gasteiger partial charge in [-0.1, -0.05) is 48.0 Å². The fourth-order valence-electron chi connectivity index (χ4n) is 3.63. The van der Waals surface area contributed by atoms with E-state index < -0.39 is 23.1 Å². The molecule has 0 bridgehead atoms. The zero-order chi connectivity index (χ0) is 21.3. The van der Waals surface area contributed by atoms with Crippen LogP contribution in [0.3, 0.4) is 0 Å². The van der Waals surface area contributed by atoms with E-state index in [0.29, 0.717) is 22.0 Å². The van der Waals surface area contributed by atoms with E-state index in [-0.39, 0.29) is 0 Å². The highest BCUT2D eigenvalue weighted by Gasteiger charge is 2.45. The van der Waals surface area contributed by atoms with Crippen LogP contribution in [0.15, 0.2) is 75.9 Å². The first kappa shape index (κ1) is 20.3. The summed E-state index contributed by atoms with van der Waals surface area (Å²) in [7, 11) is 1.51. The summed E-state index contributed by atoms with van der Waals surface area (Å²) >= 11 is 7.72.